The zero-order valence-electron chi connectivity index (χ0n) is 17.6. The summed E-state index contributed by atoms with van der Waals surface area (Å²) in [7, 11) is 0. The van der Waals surface area contributed by atoms with Gasteiger partial charge in [0.05, 0.1) is 6.10 Å². The van der Waals surface area contributed by atoms with Crippen LogP contribution in [-0.4, -0.2) is 10.9 Å². The first-order valence-electron chi connectivity index (χ1n) is 10.8. The molecule has 1 radical (unpaired) electrons. The molecule has 153 valence electrons. The van der Waals surface area contributed by atoms with Gasteiger partial charge in [-0.25, -0.2) is 0 Å². The van der Waals surface area contributed by atoms with Crippen molar-refractivity contribution in [3.63, 3.8) is 0 Å². The molecule has 1 fully saturated rings. The summed E-state index contributed by atoms with van der Waals surface area (Å²) >= 11 is 0. The first kappa shape index (κ1) is 24.4. The molecule has 0 spiro atoms. The smallest absolute Gasteiger partial charge is 0.140 e. The van der Waals surface area contributed by atoms with Crippen molar-refractivity contribution in [2.24, 2.45) is 0 Å². The fourth-order valence-corrected chi connectivity index (χ4v) is 4.43. The molecule has 2 aromatic carbocycles. The normalized spacial score (nSPS) is 20.2. The van der Waals surface area contributed by atoms with Crippen LogP contribution < -0.4 is 0 Å². The SMILES string of the molecule is [CH2-]Cc1ccc(C2CCCC(=O)C2c2ccc(C(O)CCCCC)cc2)cc1.[Y]. The second-order valence-corrected chi connectivity index (χ2v) is 8.11. The Morgan fingerprint density at radius 3 is 2.31 bits per heavy atom. The molecule has 0 bridgehead atoms. The van der Waals surface area contributed by atoms with Crippen LogP contribution in [0.4, 0.5) is 0 Å². The molecular formula is C26H33O2Y-. The Labute approximate surface area is 201 Å². The van der Waals surface area contributed by atoms with Crippen LogP contribution in [0.3, 0.4) is 0 Å². The van der Waals surface area contributed by atoms with Crippen LogP contribution in [0.1, 0.15) is 92.1 Å². The van der Waals surface area contributed by atoms with Crippen molar-refractivity contribution in [3.05, 3.63) is 77.7 Å². The summed E-state index contributed by atoms with van der Waals surface area (Å²) in [5, 5.41) is 10.4. The van der Waals surface area contributed by atoms with E-state index in [0.29, 0.717) is 12.2 Å². The Morgan fingerprint density at radius 2 is 1.69 bits per heavy atom. The van der Waals surface area contributed by atoms with E-state index in [9.17, 15) is 9.90 Å². The van der Waals surface area contributed by atoms with E-state index in [0.717, 1.165) is 56.1 Å². The molecule has 0 amide bonds. The Kier molecular flexibility index (Phi) is 10.2. The minimum absolute atomic E-state index is 0. The van der Waals surface area contributed by atoms with Gasteiger partial charge < -0.3 is 12.0 Å². The van der Waals surface area contributed by atoms with Crippen LogP contribution in [0.15, 0.2) is 48.5 Å². The van der Waals surface area contributed by atoms with Crippen LogP contribution in [0.5, 0.6) is 0 Å². The van der Waals surface area contributed by atoms with Crippen LogP contribution in [0.25, 0.3) is 0 Å². The van der Waals surface area contributed by atoms with Crippen molar-refractivity contribution in [3.8, 4) is 0 Å². The number of ketones is 1. The van der Waals surface area contributed by atoms with Gasteiger partial charge in [0.25, 0.3) is 0 Å². The molecule has 1 saturated carbocycles. The molecule has 1 aliphatic rings. The van der Waals surface area contributed by atoms with Crippen LogP contribution in [0.2, 0.25) is 0 Å². The van der Waals surface area contributed by atoms with Gasteiger partial charge in [-0.1, -0.05) is 80.3 Å². The van der Waals surface area contributed by atoms with E-state index in [-0.39, 0.29) is 44.5 Å². The second-order valence-electron chi connectivity index (χ2n) is 8.11. The monoisotopic (exact) mass is 466 g/mol. The summed E-state index contributed by atoms with van der Waals surface area (Å²) in [5.74, 6) is 0.500. The summed E-state index contributed by atoms with van der Waals surface area (Å²) in [6, 6.07) is 16.7. The van der Waals surface area contributed by atoms with E-state index in [1.807, 2.05) is 12.1 Å². The van der Waals surface area contributed by atoms with E-state index in [2.05, 4.69) is 50.2 Å². The molecule has 3 rings (SSSR count). The molecule has 2 nitrogen and oxygen atoms in total. The number of Topliss-reactive ketones (excluding diaryl/α,β-unsaturated/α-hetero) is 1. The standard InChI is InChI=1S/C26H33O2.Y/c1-3-5-6-9-24(27)21-15-17-22(18-16-21)26-23(8-7-10-25(26)28)20-13-11-19(4-2)12-14-20;/h11-18,23-24,26-27H,2-10H2,1H3;/q-1;. The number of hydrogen-bond donors (Lipinski definition) is 1. The van der Waals surface area contributed by atoms with Crippen LogP contribution in [0, 0.1) is 6.92 Å². The van der Waals surface area contributed by atoms with Crippen LogP contribution >= 0.6 is 0 Å². The number of carbonyl (C=O) groups excluding carboxylic acids is 1. The summed E-state index contributed by atoms with van der Waals surface area (Å²) in [4.78, 5) is 12.8. The second kappa shape index (κ2) is 12.1. The summed E-state index contributed by atoms with van der Waals surface area (Å²) in [6.45, 7) is 6.12. The van der Waals surface area contributed by atoms with Gasteiger partial charge in [-0.2, -0.15) is 6.42 Å². The van der Waals surface area contributed by atoms with E-state index >= 15 is 0 Å². The van der Waals surface area contributed by atoms with E-state index in [1.165, 1.54) is 11.1 Å². The minimum Gasteiger partial charge on any atom is -0.388 e. The predicted molar refractivity (Wildman–Crippen MR) is 115 cm³/mol. The molecule has 0 aromatic heterocycles. The Hall–Kier alpha value is -0.826. The van der Waals surface area contributed by atoms with Gasteiger partial charge in [0.15, 0.2) is 0 Å². The first-order chi connectivity index (χ1) is 13.6. The molecule has 2 aromatic rings. The van der Waals surface area contributed by atoms with Gasteiger partial charge in [-0.3, -0.25) is 4.79 Å². The fourth-order valence-electron chi connectivity index (χ4n) is 4.43. The molecule has 3 unspecified atom stereocenters. The first-order valence-corrected chi connectivity index (χ1v) is 10.8. The predicted octanol–water partition coefficient (Wildman–Crippen LogP) is 6.29. The maximum Gasteiger partial charge on any atom is 0.140 e. The molecular weight excluding hydrogens is 433 g/mol. The van der Waals surface area contributed by atoms with Gasteiger partial charge in [0, 0.05) is 45.0 Å². The Balaban J connectivity index is 0.00000300. The average molecular weight is 466 g/mol. The fraction of sp³-hybridized carbons (Fsp3) is 0.462. The maximum absolute atomic E-state index is 12.8. The van der Waals surface area contributed by atoms with Gasteiger partial charge in [0.1, 0.15) is 5.78 Å². The van der Waals surface area contributed by atoms with Crippen molar-refractivity contribution < 1.29 is 42.6 Å². The number of hydrogen-bond acceptors (Lipinski definition) is 2. The maximum atomic E-state index is 12.8. The van der Waals surface area contributed by atoms with E-state index < -0.39 is 6.10 Å². The third kappa shape index (κ3) is 6.33. The van der Waals surface area contributed by atoms with Crippen molar-refractivity contribution in [2.45, 2.75) is 76.2 Å². The minimum atomic E-state index is -0.409. The van der Waals surface area contributed by atoms with Crippen molar-refractivity contribution in [1.82, 2.24) is 0 Å². The summed E-state index contributed by atoms with van der Waals surface area (Å²) in [5.41, 5.74) is 4.52. The number of benzene rings is 2. The molecule has 29 heavy (non-hydrogen) atoms. The number of aliphatic hydroxyl groups is 1. The molecule has 1 aliphatic carbocycles. The number of carbonyl (C=O) groups is 1. The number of aliphatic hydroxyl groups excluding tert-OH is 1. The molecule has 0 aliphatic heterocycles. The number of unbranched alkanes of at least 4 members (excludes halogenated alkanes) is 2. The van der Waals surface area contributed by atoms with Crippen molar-refractivity contribution >= 4 is 5.78 Å². The largest absolute Gasteiger partial charge is 0.388 e. The van der Waals surface area contributed by atoms with Crippen molar-refractivity contribution in [1.29, 1.82) is 0 Å². The molecule has 1 N–H and O–H groups in total. The van der Waals surface area contributed by atoms with Gasteiger partial charge in [0.2, 0.25) is 0 Å². The summed E-state index contributed by atoms with van der Waals surface area (Å²) in [6.07, 6.45) is 7.21. The quantitative estimate of drug-likeness (QED) is 0.367. The zero-order chi connectivity index (χ0) is 19.9. The topological polar surface area (TPSA) is 37.3 Å². The molecule has 0 saturated heterocycles. The third-order valence-corrected chi connectivity index (χ3v) is 6.15. The van der Waals surface area contributed by atoms with E-state index in [1.54, 1.807) is 0 Å². The van der Waals surface area contributed by atoms with Gasteiger partial charge in [-0.05, 0) is 41.9 Å². The number of rotatable bonds is 8. The van der Waals surface area contributed by atoms with Gasteiger partial charge >= 0.3 is 0 Å². The van der Waals surface area contributed by atoms with Crippen LogP contribution in [-0.2, 0) is 43.9 Å². The van der Waals surface area contributed by atoms with E-state index in [4.69, 9.17) is 0 Å². The average Bonchev–Trinajstić information content (AvgIpc) is 2.74. The Morgan fingerprint density at radius 1 is 1.03 bits per heavy atom. The zero-order valence-corrected chi connectivity index (χ0v) is 20.5. The molecule has 3 heteroatoms. The molecule has 3 atom stereocenters. The van der Waals surface area contributed by atoms with Gasteiger partial charge in [-0.15, -0.1) is 0 Å². The summed E-state index contributed by atoms with van der Waals surface area (Å²) < 4.78 is 0. The Bertz CT molecular complexity index is 751. The molecule has 0 heterocycles. The van der Waals surface area contributed by atoms with Crippen molar-refractivity contribution in [2.75, 3.05) is 0 Å². The third-order valence-electron chi connectivity index (χ3n) is 6.15.